The lowest BCUT2D eigenvalue weighted by molar-refractivity contribution is -0.124. The van der Waals surface area contributed by atoms with E-state index in [9.17, 15) is 4.79 Å². The van der Waals surface area contributed by atoms with E-state index in [0.29, 0.717) is 0 Å². The maximum atomic E-state index is 11.3. The molecule has 0 radical (unpaired) electrons. The predicted octanol–water partition coefficient (Wildman–Crippen LogP) is -0.627. The maximum Gasteiger partial charge on any atom is 0.298 e. The Kier molecular flexibility index (Phi) is 5.16. The van der Waals surface area contributed by atoms with Crippen molar-refractivity contribution in [1.82, 2.24) is 15.1 Å². The van der Waals surface area contributed by atoms with Crippen LogP contribution < -0.4 is 5.32 Å². The lowest BCUT2D eigenvalue weighted by atomic mass is 10.3. The molecule has 0 aliphatic carbocycles. The van der Waals surface area contributed by atoms with Crippen LogP contribution in [0, 0.1) is 11.8 Å². The van der Waals surface area contributed by atoms with E-state index in [1.54, 1.807) is 18.9 Å². The summed E-state index contributed by atoms with van der Waals surface area (Å²) in [5, 5.41) is 3.30. The molecule has 1 N–H and O–H groups in total. The predicted molar refractivity (Wildman–Crippen MR) is 60.4 cm³/mol. The molecule has 0 aromatic heterocycles. The first-order valence-electron chi connectivity index (χ1n) is 5.35. The molecule has 4 nitrogen and oxygen atoms in total. The number of carbonyl (C=O) groups is 1. The number of amides is 1. The van der Waals surface area contributed by atoms with Gasteiger partial charge in [0, 0.05) is 46.3 Å². The van der Waals surface area contributed by atoms with Crippen molar-refractivity contribution in [2.75, 3.05) is 46.3 Å². The van der Waals surface area contributed by atoms with E-state index in [1.807, 2.05) is 0 Å². The molecule has 0 saturated carbocycles. The van der Waals surface area contributed by atoms with Crippen LogP contribution in [0.25, 0.3) is 0 Å². The number of hydrogen-bond acceptors (Lipinski definition) is 3. The molecule has 1 saturated heterocycles. The first-order valence-corrected chi connectivity index (χ1v) is 5.35. The molecule has 1 aliphatic rings. The van der Waals surface area contributed by atoms with Crippen LogP contribution in [0.5, 0.6) is 0 Å². The van der Waals surface area contributed by atoms with Crippen molar-refractivity contribution in [2.45, 2.75) is 6.92 Å². The van der Waals surface area contributed by atoms with Gasteiger partial charge in [-0.05, 0) is 12.8 Å². The molecule has 84 valence electrons. The molecule has 1 rings (SSSR count). The zero-order chi connectivity index (χ0) is 11.1. The van der Waals surface area contributed by atoms with Crippen LogP contribution in [-0.4, -0.2) is 62.0 Å². The average Bonchev–Trinajstić information content (AvgIpc) is 2.27. The molecular weight excluding hydrogens is 190 g/mol. The Morgan fingerprint density at radius 3 is 2.73 bits per heavy atom. The smallest absolute Gasteiger partial charge is 0.298 e. The summed E-state index contributed by atoms with van der Waals surface area (Å²) in [6, 6.07) is 0. The van der Waals surface area contributed by atoms with Gasteiger partial charge >= 0.3 is 0 Å². The van der Waals surface area contributed by atoms with Gasteiger partial charge in [0.05, 0.1) is 0 Å². The van der Waals surface area contributed by atoms with E-state index < -0.39 is 0 Å². The Hall–Kier alpha value is -1.05. The molecule has 0 unspecified atom stereocenters. The van der Waals surface area contributed by atoms with Crippen LogP contribution in [0.3, 0.4) is 0 Å². The fourth-order valence-electron chi connectivity index (χ4n) is 1.53. The number of nitrogens with one attached hydrogen (secondary N) is 1. The second-order valence-electron chi connectivity index (χ2n) is 3.69. The van der Waals surface area contributed by atoms with Gasteiger partial charge in [-0.2, -0.15) is 0 Å². The zero-order valence-corrected chi connectivity index (χ0v) is 9.55. The Morgan fingerprint density at radius 2 is 2.13 bits per heavy atom. The number of piperazine rings is 1. The minimum absolute atomic E-state index is 0.0902. The van der Waals surface area contributed by atoms with Gasteiger partial charge in [-0.1, -0.05) is 5.92 Å². The van der Waals surface area contributed by atoms with Gasteiger partial charge in [0.1, 0.15) is 0 Å². The van der Waals surface area contributed by atoms with Crippen molar-refractivity contribution in [3.8, 4) is 11.8 Å². The highest BCUT2D eigenvalue weighted by molar-refractivity contribution is 5.93. The zero-order valence-electron chi connectivity index (χ0n) is 9.55. The fraction of sp³-hybridized carbons (Fsp3) is 0.727. The van der Waals surface area contributed by atoms with Crippen LogP contribution in [0.15, 0.2) is 0 Å². The molecular formula is C11H19N3O. The quantitative estimate of drug-likeness (QED) is 0.629. The fourth-order valence-corrected chi connectivity index (χ4v) is 1.53. The van der Waals surface area contributed by atoms with Crippen molar-refractivity contribution in [2.24, 2.45) is 0 Å². The Morgan fingerprint density at radius 1 is 1.47 bits per heavy atom. The minimum Gasteiger partial charge on any atom is -0.334 e. The highest BCUT2D eigenvalue weighted by atomic mass is 16.2. The lowest BCUT2D eigenvalue weighted by Crippen LogP contribution is -2.46. The van der Waals surface area contributed by atoms with E-state index in [-0.39, 0.29) is 5.91 Å². The minimum atomic E-state index is -0.0902. The molecule has 1 fully saturated rings. The Bertz CT molecular complexity index is 261. The van der Waals surface area contributed by atoms with Crippen molar-refractivity contribution in [3.63, 3.8) is 0 Å². The summed E-state index contributed by atoms with van der Waals surface area (Å²) >= 11 is 0. The molecule has 15 heavy (non-hydrogen) atoms. The second-order valence-corrected chi connectivity index (χ2v) is 3.69. The summed E-state index contributed by atoms with van der Waals surface area (Å²) in [5.41, 5.74) is 0. The largest absolute Gasteiger partial charge is 0.334 e. The van der Waals surface area contributed by atoms with Crippen LogP contribution in [0.1, 0.15) is 6.92 Å². The summed E-state index contributed by atoms with van der Waals surface area (Å²) in [6.07, 6.45) is 0. The third kappa shape index (κ3) is 4.32. The number of carbonyl (C=O) groups excluding carboxylic acids is 1. The van der Waals surface area contributed by atoms with Gasteiger partial charge in [0.15, 0.2) is 0 Å². The van der Waals surface area contributed by atoms with Crippen LogP contribution >= 0.6 is 0 Å². The van der Waals surface area contributed by atoms with E-state index in [0.717, 1.165) is 39.3 Å². The number of hydrogen-bond donors (Lipinski definition) is 1. The summed E-state index contributed by atoms with van der Waals surface area (Å²) in [5.74, 6) is 5.07. The highest BCUT2D eigenvalue weighted by Crippen LogP contribution is 1.93. The Balaban J connectivity index is 2.22. The first-order chi connectivity index (χ1) is 7.24. The van der Waals surface area contributed by atoms with E-state index >= 15 is 0 Å². The van der Waals surface area contributed by atoms with Crippen LogP contribution in [0.2, 0.25) is 0 Å². The molecule has 0 bridgehead atoms. The van der Waals surface area contributed by atoms with Crippen LogP contribution in [0.4, 0.5) is 0 Å². The van der Waals surface area contributed by atoms with Gasteiger partial charge in [-0.15, -0.1) is 0 Å². The summed E-state index contributed by atoms with van der Waals surface area (Å²) < 4.78 is 0. The molecule has 0 spiro atoms. The second kappa shape index (κ2) is 6.44. The first kappa shape index (κ1) is 12.0. The number of nitrogens with zero attached hydrogens (tertiary/aromatic N) is 2. The molecule has 0 atom stereocenters. The van der Waals surface area contributed by atoms with Crippen molar-refractivity contribution in [3.05, 3.63) is 0 Å². The molecule has 1 aliphatic heterocycles. The molecule has 1 amide bonds. The molecule has 0 aromatic carbocycles. The standard InChI is InChI=1S/C11H19N3O/c1-3-4-11(15)13(2)9-10-14-7-5-12-6-8-14/h12H,5-10H2,1-2H3. The summed E-state index contributed by atoms with van der Waals surface area (Å²) in [7, 11) is 1.80. The Labute approximate surface area is 91.6 Å². The van der Waals surface area contributed by atoms with Gasteiger partial charge in [-0.3, -0.25) is 9.69 Å². The van der Waals surface area contributed by atoms with Gasteiger partial charge < -0.3 is 10.2 Å². The molecule has 1 heterocycles. The van der Waals surface area contributed by atoms with E-state index in [2.05, 4.69) is 22.1 Å². The lowest BCUT2D eigenvalue weighted by Gasteiger charge is -2.28. The van der Waals surface area contributed by atoms with Crippen molar-refractivity contribution >= 4 is 5.91 Å². The topological polar surface area (TPSA) is 35.6 Å². The van der Waals surface area contributed by atoms with Gasteiger partial charge in [0.25, 0.3) is 5.91 Å². The van der Waals surface area contributed by atoms with E-state index in [4.69, 9.17) is 0 Å². The maximum absolute atomic E-state index is 11.3. The third-order valence-electron chi connectivity index (χ3n) is 2.54. The number of likely N-dealkylation sites (N-methyl/N-ethyl adjacent to an activating group) is 1. The van der Waals surface area contributed by atoms with Crippen molar-refractivity contribution in [1.29, 1.82) is 0 Å². The van der Waals surface area contributed by atoms with Gasteiger partial charge in [-0.25, -0.2) is 0 Å². The van der Waals surface area contributed by atoms with E-state index in [1.165, 1.54) is 0 Å². The number of rotatable bonds is 3. The van der Waals surface area contributed by atoms with Gasteiger partial charge in [0.2, 0.25) is 0 Å². The van der Waals surface area contributed by atoms with Crippen LogP contribution in [-0.2, 0) is 4.79 Å². The average molecular weight is 209 g/mol. The summed E-state index contributed by atoms with van der Waals surface area (Å²) in [6.45, 7) is 7.62. The molecule has 0 aromatic rings. The highest BCUT2D eigenvalue weighted by Gasteiger charge is 2.11. The monoisotopic (exact) mass is 209 g/mol. The molecule has 4 heteroatoms. The third-order valence-corrected chi connectivity index (χ3v) is 2.54. The SMILES string of the molecule is CC#CC(=O)N(C)CCN1CCNCC1. The van der Waals surface area contributed by atoms with Crippen molar-refractivity contribution < 1.29 is 4.79 Å². The normalized spacial score (nSPS) is 16.7. The summed E-state index contributed by atoms with van der Waals surface area (Å²) in [4.78, 5) is 15.4.